The molecule has 0 spiro atoms. The van der Waals surface area contributed by atoms with Gasteiger partial charge in [-0.05, 0) is 44.4 Å². The lowest BCUT2D eigenvalue weighted by Gasteiger charge is -2.33. The van der Waals surface area contributed by atoms with Crippen molar-refractivity contribution < 1.29 is 18.7 Å². The smallest absolute Gasteiger partial charge is 0.228 e. The average Bonchev–Trinajstić information content (AvgIpc) is 3.00. The van der Waals surface area contributed by atoms with Gasteiger partial charge in [-0.1, -0.05) is 6.07 Å². The minimum absolute atomic E-state index is 0.0218. The zero-order valence-corrected chi connectivity index (χ0v) is 13.8. The van der Waals surface area contributed by atoms with Crippen molar-refractivity contribution >= 4 is 17.5 Å². The van der Waals surface area contributed by atoms with Crippen LogP contribution in [0.4, 0.5) is 10.1 Å². The zero-order chi connectivity index (χ0) is 17.1. The Kier molecular flexibility index (Phi) is 5.14. The number of nitrogens with zero attached hydrogens (tertiary/aromatic N) is 1. The number of halogens is 1. The Morgan fingerprint density at radius 1 is 1.25 bits per heavy atom. The third-order valence-electron chi connectivity index (χ3n) is 4.96. The number of hydrogen-bond donors (Lipinski definition) is 1. The van der Waals surface area contributed by atoms with Gasteiger partial charge in [0.2, 0.25) is 11.8 Å². The summed E-state index contributed by atoms with van der Waals surface area (Å²) in [6.45, 7) is 3.76. The molecule has 0 bridgehead atoms. The van der Waals surface area contributed by atoms with Gasteiger partial charge in [0.05, 0.1) is 12.0 Å². The maximum Gasteiger partial charge on any atom is 0.228 e. The van der Waals surface area contributed by atoms with Crippen LogP contribution in [0.5, 0.6) is 0 Å². The van der Waals surface area contributed by atoms with Crippen molar-refractivity contribution in [2.24, 2.45) is 11.8 Å². The van der Waals surface area contributed by atoms with Crippen molar-refractivity contribution in [3.05, 3.63) is 30.1 Å². The van der Waals surface area contributed by atoms with Crippen molar-refractivity contribution in [3.8, 4) is 0 Å². The van der Waals surface area contributed by atoms with Gasteiger partial charge in [0, 0.05) is 31.3 Å². The van der Waals surface area contributed by atoms with Gasteiger partial charge in [-0.3, -0.25) is 9.59 Å². The second kappa shape index (κ2) is 7.30. The molecule has 5 nitrogen and oxygen atoms in total. The van der Waals surface area contributed by atoms with Gasteiger partial charge in [0.25, 0.3) is 0 Å². The molecule has 2 heterocycles. The number of hydrogen-bond acceptors (Lipinski definition) is 3. The zero-order valence-electron chi connectivity index (χ0n) is 13.8. The molecule has 1 aromatic carbocycles. The SMILES string of the molecule is C[C@H]1OCC[C@H]1C(=O)N1CCC(C(=O)Nc2cccc(F)c2)CC1. The molecule has 2 aliphatic rings. The van der Waals surface area contributed by atoms with Gasteiger partial charge in [-0.25, -0.2) is 4.39 Å². The van der Waals surface area contributed by atoms with Gasteiger partial charge in [0.1, 0.15) is 5.82 Å². The Balaban J connectivity index is 1.51. The van der Waals surface area contributed by atoms with Crippen LogP contribution in [0.3, 0.4) is 0 Å². The summed E-state index contributed by atoms with van der Waals surface area (Å²) in [5.74, 6) is -0.535. The summed E-state index contributed by atoms with van der Waals surface area (Å²) in [7, 11) is 0. The summed E-state index contributed by atoms with van der Waals surface area (Å²) >= 11 is 0. The molecular weight excluding hydrogens is 311 g/mol. The van der Waals surface area contributed by atoms with Crippen LogP contribution in [0.15, 0.2) is 24.3 Å². The van der Waals surface area contributed by atoms with E-state index in [1.165, 1.54) is 12.1 Å². The van der Waals surface area contributed by atoms with Crippen LogP contribution in [-0.2, 0) is 14.3 Å². The largest absolute Gasteiger partial charge is 0.378 e. The fraction of sp³-hybridized carbons (Fsp3) is 0.556. The fourth-order valence-corrected chi connectivity index (χ4v) is 3.46. The highest BCUT2D eigenvalue weighted by atomic mass is 19.1. The third-order valence-corrected chi connectivity index (χ3v) is 4.96. The summed E-state index contributed by atoms with van der Waals surface area (Å²) in [6.07, 6.45) is 2.02. The molecule has 2 fully saturated rings. The molecule has 0 saturated carbocycles. The van der Waals surface area contributed by atoms with E-state index in [-0.39, 0.29) is 35.6 Å². The third kappa shape index (κ3) is 3.75. The molecule has 3 rings (SSSR count). The molecule has 0 aliphatic carbocycles. The lowest BCUT2D eigenvalue weighted by atomic mass is 9.93. The van der Waals surface area contributed by atoms with Crippen LogP contribution in [0.1, 0.15) is 26.2 Å². The van der Waals surface area contributed by atoms with Gasteiger partial charge in [-0.2, -0.15) is 0 Å². The topological polar surface area (TPSA) is 58.6 Å². The lowest BCUT2D eigenvalue weighted by Crippen LogP contribution is -2.45. The number of benzene rings is 1. The Hall–Kier alpha value is -1.95. The summed E-state index contributed by atoms with van der Waals surface area (Å²) in [6, 6.07) is 5.88. The minimum Gasteiger partial charge on any atom is -0.378 e. The van der Waals surface area contributed by atoms with E-state index in [2.05, 4.69) is 5.32 Å². The Bertz CT molecular complexity index is 614. The minimum atomic E-state index is -0.374. The van der Waals surface area contributed by atoms with Crippen LogP contribution < -0.4 is 5.32 Å². The monoisotopic (exact) mass is 334 g/mol. The van der Waals surface area contributed by atoms with Crippen LogP contribution in [0.2, 0.25) is 0 Å². The van der Waals surface area contributed by atoms with E-state index in [1.54, 1.807) is 12.1 Å². The van der Waals surface area contributed by atoms with Gasteiger partial charge in [-0.15, -0.1) is 0 Å². The summed E-state index contributed by atoms with van der Waals surface area (Å²) in [5, 5.41) is 2.76. The maximum atomic E-state index is 13.2. The van der Waals surface area contributed by atoms with Crippen molar-refractivity contribution in [1.29, 1.82) is 0 Å². The predicted octanol–water partition coefficient (Wildman–Crippen LogP) is 2.43. The number of likely N-dealkylation sites (tertiary alicyclic amines) is 1. The normalized spacial score (nSPS) is 24.8. The molecular formula is C18H23FN2O3. The van der Waals surface area contributed by atoms with E-state index < -0.39 is 0 Å². The molecule has 0 unspecified atom stereocenters. The van der Waals surface area contributed by atoms with Crippen molar-refractivity contribution in [2.75, 3.05) is 25.0 Å². The number of amides is 2. The second-order valence-electron chi connectivity index (χ2n) is 6.57. The first kappa shape index (κ1) is 16.9. The summed E-state index contributed by atoms with van der Waals surface area (Å²) < 4.78 is 18.6. The number of rotatable bonds is 3. The standard InChI is InChI=1S/C18H23FN2O3/c1-12-16(7-10-24-12)18(23)21-8-5-13(6-9-21)17(22)20-15-4-2-3-14(19)11-15/h2-4,11-13,16H,5-10H2,1H3,(H,20,22)/t12-,16-/m1/s1. The molecule has 0 radical (unpaired) electrons. The van der Waals surface area contributed by atoms with E-state index in [4.69, 9.17) is 4.74 Å². The molecule has 1 N–H and O–H groups in total. The Morgan fingerprint density at radius 2 is 2.00 bits per heavy atom. The first-order valence-corrected chi connectivity index (χ1v) is 8.51. The summed E-state index contributed by atoms with van der Waals surface area (Å²) in [4.78, 5) is 26.7. The number of nitrogens with one attached hydrogen (secondary N) is 1. The second-order valence-corrected chi connectivity index (χ2v) is 6.57. The van der Waals surface area contributed by atoms with Crippen molar-refractivity contribution in [2.45, 2.75) is 32.3 Å². The van der Waals surface area contributed by atoms with Gasteiger partial charge in [0.15, 0.2) is 0 Å². The lowest BCUT2D eigenvalue weighted by molar-refractivity contribution is -0.139. The molecule has 2 aliphatic heterocycles. The Labute approximate surface area is 141 Å². The van der Waals surface area contributed by atoms with Crippen molar-refractivity contribution in [3.63, 3.8) is 0 Å². The van der Waals surface area contributed by atoms with Crippen LogP contribution >= 0.6 is 0 Å². The molecule has 1 aromatic rings. The van der Waals surface area contributed by atoms with Crippen LogP contribution in [0.25, 0.3) is 0 Å². The first-order chi connectivity index (χ1) is 11.5. The number of carbonyl (C=O) groups is 2. The molecule has 2 amide bonds. The van der Waals surface area contributed by atoms with E-state index in [0.717, 1.165) is 6.42 Å². The highest BCUT2D eigenvalue weighted by Crippen LogP contribution is 2.26. The molecule has 24 heavy (non-hydrogen) atoms. The van der Waals surface area contributed by atoms with Crippen molar-refractivity contribution in [1.82, 2.24) is 4.90 Å². The van der Waals surface area contributed by atoms with Gasteiger partial charge < -0.3 is 15.0 Å². The number of ether oxygens (including phenoxy) is 1. The molecule has 130 valence electrons. The number of piperidine rings is 1. The Morgan fingerprint density at radius 3 is 2.62 bits per heavy atom. The van der Waals surface area contributed by atoms with E-state index >= 15 is 0 Å². The molecule has 0 aromatic heterocycles. The number of carbonyl (C=O) groups excluding carboxylic acids is 2. The number of anilines is 1. The molecule has 2 atom stereocenters. The van der Waals surface area contributed by atoms with Gasteiger partial charge >= 0.3 is 0 Å². The fourth-order valence-electron chi connectivity index (χ4n) is 3.46. The predicted molar refractivity (Wildman–Crippen MR) is 87.9 cm³/mol. The molecule has 6 heteroatoms. The first-order valence-electron chi connectivity index (χ1n) is 8.51. The van der Waals surface area contributed by atoms with E-state index in [1.807, 2.05) is 11.8 Å². The van der Waals surface area contributed by atoms with Crippen LogP contribution in [0, 0.1) is 17.7 Å². The maximum absolute atomic E-state index is 13.2. The quantitative estimate of drug-likeness (QED) is 0.923. The van der Waals surface area contributed by atoms with E-state index in [9.17, 15) is 14.0 Å². The van der Waals surface area contributed by atoms with E-state index in [0.29, 0.717) is 38.2 Å². The highest BCUT2D eigenvalue weighted by Gasteiger charge is 2.36. The summed E-state index contributed by atoms with van der Waals surface area (Å²) in [5.41, 5.74) is 0.468. The average molecular weight is 334 g/mol. The van der Waals surface area contributed by atoms with Crippen LogP contribution in [-0.4, -0.2) is 42.5 Å². The molecule has 2 saturated heterocycles. The highest BCUT2D eigenvalue weighted by molar-refractivity contribution is 5.92.